The first-order chi connectivity index (χ1) is 15.2. The molecule has 0 saturated heterocycles. The number of aromatic nitrogens is 2. The van der Waals surface area contributed by atoms with E-state index in [0.29, 0.717) is 21.5 Å². The predicted octanol–water partition coefficient (Wildman–Crippen LogP) is 5.07. The van der Waals surface area contributed by atoms with Crippen LogP contribution < -0.4 is 10.1 Å². The van der Waals surface area contributed by atoms with E-state index in [2.05, 4.69) is 36.0 Å². The average molecular weight is 514 g/mol. The molecular weight excluding hydrogens is 498 g/mol. The number of carboxylic acid groups (broad SMARTS) is 1. The van der Waals surface area contributed by atoms with Gasteiger partial charge >= 0.3 is 12.6 Å². The Morgan fingerprint density at radius 2 is 1.84 bits per heavy atom. The summed E-state index contributed by atoms with van der Waals surface area (Å²) in [5, 5.41) is 11.9. The van der Waals surface area contributed by atoms with Crippen LogP contribution in [0, 0.1) is 11.6 Å². The topological polar surface area (TPSA) is 84.3 Å². The van der Waals surface area contributed by atoms with Gasteiger partial charge in [-0.05, 0) is 24.6 Å². The van der Waals surface area contributed by atoms with Crippen molar-refractivity contribution in [3.8, 4) is 17.0 Å². The number of benzene rings is 2. The lowest BCUT2D eigenvalue weighted by Crippen LogP contribution is -2.09. The number of nitrogens with one attached hydrogen (secondary N) is 1. The zero-order valence-corrected chi connectivity index (χ0v) is 17.9. The third-order valence-corrected chi connectivity index (χ3v) is 4.83. The van der Waals surface area contributed by atoms with Crippen LogP contribution in [0.25, 0.3) is 11.3 Å². The van der Waals surface area contributed by atoms with Crippen LogP contribution in [0.3, 0.4) is 0 Å². The highest BCUT2D eigenvalue weighted by Crippen LogP contribution is 2.29. The van der Waals surface area contributed by atoms with E-state index in [0.717, 1.165) is 0 Å². The molecule has 32 heavy (non-hydrogen) atoms. The monoisotopic (exact) mass is 513 g/mol. The molecule has 6 nitrogen and oxygen atoms in total. The zero-order chi connectivity index (χ0) is 23.3. The van der Waals surface area contributed by atoms with E-state index in [1.807, 2.05) is 0 Å². The minimum absolute atomic E-state index is 0.0561. The highest BCUT2D eigenvalue weighted by atomic mass is 79.9. The number of carboxylic acids is 1. The number of anilines is 1. The van der Waals surface area contributed by atoms with Crippen molar-refractivity contribution in [3.05, 3.63) is 70.0 Å². The molecule has 2 aromatic carbocycles. The smallest absolute Gasteiger partial charge is 0.387 e. The number of aliphatic carboxylic acids is 1. The van der Waals surface area contributed by atoms with Gasteiger partial charge < -0.3 is 15.2 Å². The van der Waals surface area contributed by atoms with Crippen LogP contribution in [0.2, 0.25) is 0 Å². The number of hydrogen-bond donors (Lipinski definition) is 2. The van der Waals surface area contributed by atoms with Gasteiger partial charge in [0.05, 0.1) is 12.1 Å². The summed E-state index contributed by atoms with van der Waals surface area (Å²) >= 11 is 3.02. The Hall–Kier alpha value is -3.21. The van der Waals surface area contributed by atoms with Gasteiger partial charge in [0, 0.05) is 33.8 Å². The molecular formula is C21H16BrF4N3O3. The molecule has 0 radical (unpaired) electrons. The van der Waals surface area contributed by atoms with Gasteiger partial charge in [0.2, 0.25) is 0 Å². The molecule has 0 fully saturated rings. The van der Waals surface area contributed by atoms with Crippen LogP contribution in [0.15, 0.2) is 47.2 Å². The molecule has 0 unspecified atom stereocenters. The number of carbonyl (C=O) groups is 1. The molecule has 2 N–H and O–H groups in total. The Labute approximate surface area is 188 Å². The lowest BCUT2D eigenvalue weighted by atomic mass is 10.1. The molecule has 168 valence electrons. The van der Waals surface area contributed by atoms with Gasteiger partial charge in [0.15, 0.2) is 0 Å². The lowest BCUT2D eigenvalue weighted by molar-refractivity contribution is -0.136. The fourth-order valence-corrected chi connectivity index (χ4v) is 3.37. The van der Waals surface area contributed by atoms with E-state index < -0.39 is 30.6 Å². The third kappa shape index (κ3) is 6.16. The Kier molecular flexibility index (Phi) is 7.62. The van der Waals surface area contributed by atoms with E-state index in [9.17, 15) is 22.4 Å². The van der Waals surface area contributed by atoms with Gasteiger partial charge in [-0.1, -0.05) is 28.1 Å². The van der Waals surface area contributed by atoms with Crippen LogP contribution in [-0.2, 0) is 17.6 Å². The number of hydrogen-bond acceptors (Lipinski definition) is 5. The number of halogens is 5. The Bertz CT molecular complexity index is 1110. The van der Waals surface area contributed by atoms with Gasteiger partial charge in [-0.2, -0.15) is 8.78 Å². The van der Waals surface area contributed by atoms with Crippen LogP contribution in [0.4, 0.5) is 23.4 Å². The highest BCUT2D eigenvalue weighted by Gasteiger charge is 2.15. The molecule has 3 aromatic rings. The van der Waals surface area contributed by atoms with E-state index in [4.69, 9.17) is 5.11 Å². The molecule has 0 amide bonds. The van der Waals surface area contributed by atoms with Crippen molar-refractivity contribution >= 4 is 27.7 Å². The Balaban J connectivity index is 1.76. The lowest BCUT2D eigenvalue weighted by Gasteiger charge is -2.12. The van der Waals surface area contributed by atoms with Crippen LogP contribution in [0.1, 0.15) is 11.1 Å². The fourth-order valence-electron chi connectivity index (χ4n) is 2.97. The molecule has 0 atom stereocenters. The van der Waals surface area contributed by atoms with Gasteiger partial charge in [-0.3, -0.25) is 4.79 Å². The number of rotatable bonds is 9. The SMILES string of the molecule is O=C(O)Cc1ccc(-c2cc(NCCc3c(F)cc(Br)cc3F)ncn2)cc1OC(F)F. The molecule has 0 bridgehead atoms. The van der Waals surface area contributed by atoms with Crippen molar-refractivity contribution in [3.63, 3.8) is 0 Å². The average Bonchev–Trinajstić information content (AvgIpc) is 2.70. The minimum Gasteiger partial charge on any atom is -0.481 e. The van der Waals surface area contributed by atoms with E-state index in [-0.39, 0.29) is 29.8 Å². The van der Waals surface area contributed by atoms with Crippen molar-refractivity contribution in [2.24, 2.45) is 0 Å². The summed E-state index contributed by atoms with van der Waals surface area (Å²) in [7, 11) is 0. The summed E-state index contributed by atoms with van der Waals surface area (Å²) in [5.74, 6) is -2.46. The maximum absolute atomic E-state index is 13.9. The summed E-state index contributed by atoms with van der Waals surface area (Å²) in [6, 6.07) is 8.03. The summed E-state index contributed by atoms with van der Waals surface area (Å²) in [5.41, 5.74) is 0.764. The van der Waals surface area contributed by atoms with Crippen molar-refractivity contribution < 1.29 is 32.2 Å². The maximum Gasteiger partial charge on any atom is 0.387 e. The summed E-state index contributed by atoms with van der Waals surface area (Å²) < 4.78 is 58.1. The standard InChI is InChI=1S/C21H16BrF4N3O3/c22-13-7-15(23)14(16(24)8-13)3-4-27-19-9-17(28-10-29-19)11-1-2-12(6-20(30)31)18(5-11)32-21(25)26/h1-2,5,7-10,21H,3-4,6H2,(H,30,31)(H,27,28,29). The summed E-state index contributed by atoms with van der Waals surface area (Å²) in [4.78, 5) is 19.1. The van der Waals surface area contributed by atoms with E-state index in [1.165, 1.54) is 42.7 Å². The van der Waals surface area contributed by atoms with Gasteiger partial charge in [-0.25, -0.2) is 18.7 Å². The van der Waals surface area contributed by atoms with Crippen molar-refractivity contribution in [1.82, 2.24) is 9.97 Å². The minimum atomic E-state index is -3.13. The van der Waals surface area contributed by atoms with Gasteiger partial charge in [-0.15, -0.1) is 0 Å². The molecule has 0 saturated carbocycles. The first-order valence-electron chi connectivity index (χ1n) is 9.22. The molecule has 0 aliphatic rings. The fraction of sp³-hybridized carbons (Fsp3) is 0.190. The summed E-state index contributed by atoms with van der Waals surface area (Å²) in [6.07, 6.45) is 0.805. The summed E-state index contributed by atoms with van der Waals surface area (Å²) in [6.45, 7) is -2.96. The molecule has 11 heteroatoms. The molecule has 3 rings (SSSR count). The first kappa shape index (κ1) is 23.5. The Morgan fingerprint density at radius 1 is 1.12 bits per heavy atom. The van der Waals surface area contributed by atoms with Crippen LogP contribution in [-0.4, -0.2) is 34.2 Å². The Morgan fingerprint density at radius 3 is 2.50 bits per heavy atom. The zero-order valence-electron chi connectivity index (χ0n) is 16.3. The van der Waals surface area contributed by atoms with Gasteiger partial charge in [0.25, 0.3) is 0 Å². The van der Waals surface area contributed by atoms with Crippen molar-refractivity contribution in [2.75, 3.05) is 11.9 Å². The molecule has 0 aliphatic carbocycles. The van der Waals surface area contributed by atoms with E-state index >= 15 is 0 Å². The second kappa shape index (κ2) is 10.4. The second-order valence-corrected chi connectivity index (χ2v) is 7.50. The number of alkyl halides is 2. The van der Waals surface area contributed by atoms with Crippen LogP contribution in [0.5, 0.6) is 5.75 Å². The molecule has 0 spiro atoms. The van der Waals surface area contributed by atoms with Crippen LogP contribution >= 0.6 is 15.9 Å². The quantitative estimate of drug-likeness (QED) is 0.388. The highest BCUT2D eigenvalue weighted by molar-refractivity contribution is 9.10. The third-order valence-electron chi connectivity index (χ3n) is 4.37. The number of ether oxygens (including phenoxy) is 1. The molecule has 1 heterocycles. The number of nitrogens with zero attached hydrogens (tertiary/aromatic N) is 2. The second-order valence-electron chi connectivity index (χ2n) is 6.58. The molecule has 1 aromatic heterocycles. The van der Waals surface area contributed by atoms with Crippen molar-refractivity contribution in [1.29, 1.82) is 0 Å². The van der Waals surface area contributed by atoms with Crippen molar-refractivity contribution in [2.45, 2.75) is 19.5 Å². The first-order valence-corrected chi connectivity index (χ1v) is 10.0. The maximum atomic E-state index is 13.9. The van der Waals surface area contributed by atoms with E-state index in [1.54, 1.807) is 0 Å². The predicted molar refractivity (Wildman–Crippen MR) is 112 cm³/mol. The molecule has 0 aliphatic heterocycles. The normalized spacial score (nSPS) is 10.9. The largest absolute Gasteiger partial charge is 0.481 e. The van der Waals surface area contributed by atoms with Gasteiger partial charge in [0.1, 0.15) is 29.5 Å².